The maximum absolute atomic E-state index is 12.6. The molecule has 0 fully saturated rings. The van der Waals surface area contributed by atoms with E-state index in [-0.39, 0.29) is 24.5 Å². The van der Waals surface area contributed by atoms with Gasteiger partial charge in [0, 0.05) is 18.3 Å². The Morgan fingerprint density at radius 1 is 1.04 bits per heavy atom. The lowest BCUT2D eigenvalue weighted by molar-refractivity contribution is -0.120. The average molecular weight is 368 g/mol. The highest BCUT2D eigenvalue weighted by atomic mass is 16.5. The third kappa shape index (κ3) is 5.58. The molecule has 27 heavy (non-hydrogen) atoms. The van der Waals surface area contributed by atoms with E-state index in [9.17, 15) is 9.59 Å². The summed E-state index contributed by atoms with van der Waals surface area (Å²) in [6.07, 6.45) is 0.0755. The fraction of sp³-hybridized carbons (Fsp3) is 0.364. The van der Waals surface area contributed by atoms with Crippen molar-refractivity contribution in [3.05, 3.63) is 53.1 Å². The highest BCUT2D eigenvalue weighted by Crippen LogP contribution is 2.23. The maximum Gasteiger partial charge on any atom is 0.244 e. The maximum atomic E-state index is 12.6. The molecule has 0 heterocycles. The largest absolute Gasteiger partial charge is 0.491 e. The molecule has 0 spiro atoms. The van der Waals surface area contributed by atoms with E-state index in [1.807, 2.05) is 46.8 Å². The average Bonchev–Trinajstić information content (AvgIpc) is 2.56. The Morgan fingerprint density at radius 2 is 1.59 bits per heavy atom. The second-order valence-electron chi connectivity index (χ2n) is 7.09. The van der Waals surface area contributed by atoms with Gasteiger partial charge in [0.1, 0.15) is 12.3 Å². The Labute approximate surface area is 161 Å². The second-order valence-corrected chi connectivity index (χ2v) is 7.09. The number of hydrogen-bond donors (Lipinski definition) is 1. The Bertz CT molecular complexity index is 803. The molecule has 5 nitrogen and oxygen atoms in total. The zero-order valence-corrected chi connectivity index (χ0v) is 16.9. The molecule has 0 saturated heterocycles. The molecule has 5 heteroatoms. The molecule has 2 aromatic carbocycles. The van der Waals surface area contributed by atoms with E-state index in [4.69, 9.17) is 4.74 Å². The first kappa shape index (κ1) is 20.5. The van der Waals surface area contributed by atoms with Gasteiger partial charge in [0.25, 0.3) is 0 Å². The van der Waals surface area contributed by atoms with Gasteiger partial charge in [-0.3, -0.25) is 9.59 Å². The van der Waals surface area contributed by atoms with Crippen molar-refractivity contribution < 1.29 is 14.3 Å². The molecule has 2 aromatic rings. The normalized spacial score (nSPS) is 10.6. The van der Waals surface area contributed by atoms with Crippen LogP contribution < -0.4 is 15.0 Å². The molecule has 1 N–H and O–H groups in total. The standard InChI is InChI=1S/C22H28N2O3/c1-14(2)27-20-9-7-19(8-10-20)24(18(6)25)13-21(26)23-22-16(4)11-15(3)12-17(22)5/h7-12,14H,13H2,1-6H3,(H,23,26). The first-order valence-electron chi connectivity index (χ1n) is 9.10. The summed E-state index contributed by atoms with van der Waals surface area (Å²) in [5.41, 5.74) is 4.62. The summed E-state index contributed by atoms with van der Waals surface area (Å²) in [6.45, 7) is 11.3. The van der Waals surface area contributed by atoms with Crippen LogP contribution in [0.25, 0.3) is 0 Å². The number of ether oxygens (including phenoxy) is 1. The number of carbonyl (C=O) groups is 2. The number of nitrogens with zero attached hydrogens (tertiary/aromatic N) is 1. The van der Waals surface area contributed by atoms with Crippen molar-refractivity contribution in [2.24, 2.45) is 0 Å². The van der Waals surface area contributed by atoms with Crippen molar-refractivity contribution in [1.82, 2.24) is 0 Å². The summed E-state index contributed by atoms with van der Waals surface area (Å²) < 4.78 is 5.62. The van der Waals surface area contributed by atoms with Gasteiger partial charge >= 0.3 is 0 Å². The minimum Gasteiger partial charge on any atom is -0.491 e. The predicted molar refractivity (Wildman–Crippen MR) is 110 cm³/mol. The fourth-order valence-corrected chi connectivity index (χ4v) is 3.06. The van der Waals surface area contributed by atoms with Gasteiger partial charge in [0.05, 0.1) is 6.10 Å². The van der Waals surface area contributed by atoms with Gasteiger partial charge in [-0.2, -0.15) is 0 Å². The molecular formula is C22H28N2O3. The van der Waals surface area contributed by atoms with Crippen LogP contribution in [0.5, 0.6) is 5.75 Å². The zero-order valence-electron chi connectivity index (χ0n) is 16.9. The summed E-state index contributed by atoms with van der Waals surface area (Å²) in [5.74, 6) is 0.301. The topological polar surface area (TPSA) is 58.6 Å². The van der Waals surface area contributed by atoms with Crippen LogP contribution in [-0.4, -0.2) is 24.5 Å². The van der Waals surface area contributed by atoms with E-state index >= 15 is 0 Å². The summed E-state index contributed by atoms with van der Waals surface area (Å²) >= 11 is 0. The summed E-state index contributed by atoms with van der Waals surface area (Å²) in [4.78, 5) is 26.1. The highest BCUT2D eigenvalue weighted by molar-refractivity contribution is 6.02. The lowest BCUT2D eigenvalue weighted by Gasteiger charge is -2.22. The van der Waals surface area contributed by atoms with Gasteiger partial charge < -0.3 is 15.0 Å². The van der Waals surface area contributed by atoms with Gasteiger partial charge in [-0.25, -0.2) is 0 Å². The molecule has 0 aliphatic rings. The first-order valence-corrected chi connectivity index (χ1v) is 9.10. The van der Waals surface area contributed by atoms with Crippen molar-refractivity contribution in [1.29, 1.82) is 0 Å². The molecule has 144 valence electrons. The molecule has 0 aliphatic heterocycles. The molecule has 0 radical (unpaired) electrons. The third-order valence-corrected chi connectivity index (χ3v) is 4.14. The van der Waals surface area contributed by atoms with E-state index in [0.717, 1.165) is 28.1 Å². The van der Waals surface area contributed by atoms with Crippen LogP contribution in [0.4, 0.5) is 11.4 Å². The lowest BCUT2D eigenvalue weighted by atomic mass is 10.1. The Kier molecular flexibility index (Phi) is 6.61. The molecule has 0 aromatic heterocycles. The van der Waals surface area contributed by atoms with Crippen molar-refractivity contribution in [2.45, 2.75) is 47.6 Å². The van der Waals surface area contributed by atoms with Crippen LogP contribution >= 0.6 is 0 Å². The molecule has 0 bridgehead atoms. The number of amides is 2. The second kappa shape index (κ2) is 8.71. The van der Waals surface area contributed by atoms with Gasteiger partial charge in [-0.1, -0.05) is 17.7 Å². The van der Waals surface area contributed by atoms with Crippen LogP contribution in [0, 0.1) is 20.8 Å². The zero-order chi connectivity index (χ0) is 20.1. The Morgan fingerprint density at radius 3 is 2.07 bits per heavy atom. The highest BCUT2D eigenvalue weighted by Gasteiger charge is 2.17. The number of nitrogens with one attached hydrogen (secondary N) is 1. The fourth-order valence-electron chi connectivity index (χ4n) is 3.06. The smallest absolute Gasteiger partial charge is 0.244 e. The van der Waals surface area contributed by atoms with Crippen LogP contribution in [0.2, 0.25) is 0 Å². The molecule has 2 rings (SSSR count). The van der Waals surface area contributed by atoms with Crippen LogP contribution in [-0.2, 0) is 9.59 Å². The minimum atomic E-state index is -0.234. The molecule has 2 amide bonds. The number of carbonyl (C=O) groups excluding carboxylic acids is 2. The van der Waals surface area contributed by atoms with E-state index in [1.54, 1.807) is 24.3 Å². The van der Waals surface area contributed by atoms with Gasteiger partial charge in [0.2, 0.25) is 11.8 Å². The molecule has 0 saturated carbocycles. The van der Waals surface area contributed by atoms with Crippen molar-refractivity contribution >= 4 is 23.2 Å². The van der Waals surface area contributed by atoms with E-state index in [1.165, 1.54) is 11.8 Å². The van der Waals surface area contributed by atoms with E-state index in [0.29, 0.717) is 5.69 Å². The third-order valence-electron chi connectivity index (χ3n) is 4.14. The van der Waals surface area contributed by atoms with Crippen LogP contribution in [0.3, 0.4) is 0 Å². The van der Waals surface area contributed by atoms with Crippen molar-refractivity contribution in [2.75, 3.05) is 16.8 Å². The van der Waals surface area contributed by atoms with E-state index in [2.05, 4.69) is 5.32 Å². The molecule has 0 aliphatic carbocycles. The monoisotopic (exact) mass is 368 g/mol. The predicted octanol–water partition coefficient (Wildman–Crippen LogP) is 4.39. The Balaban J connectivity index is 2.14. The Hall–Kier alpha value is -2.82. The minimum absolute atomic E-state index is 0.0491. The van der Waals surface area contributed by atoms with Crippen molar-refractivity contribution in [3.63, 3.8) is 0 Å². The lowest BCUT2D eigenvalue weighted by Crippen LogP contribution is -2.36. The van der Waals surface area contributed by atoms with E-state index < -0.39 is 0 Å². The van der Waals surface area contributed by atoms with Gasteiger partial charge in [-0.15, -0.1) is 0 Å². The number of rotatable bonds is 6. The number of benzene rings is 2. The molecule has 0 atom stereocenters. The SMILES string of the molecule is CC(=O)N(CC(=O)Nc1c(C)cc(C)cc1C)c1ccc(OC(C)C)cc1. The van der Waals surface area contributed by atoms with Crippen molar-refractivity contribution in [3.8, 4) is 5.75 Å². The molecule has 0 unspecified atom stereocenters. The van der Waals surface area contributed by atoms with Gasteiger partial charge in [0.15, 0.2) is 0 Å². The number of aryl methyl sites for hydroxylation is 3. The number of anilines is 2. The van der Waals surface area contributed by atoms with Crippen LogP contribution in [0.1, 0.15) is 37.5 Å². The quantitative estimate of drug-likeness (QED) is 0.823. The summed E-state index contributed by atoms with van der Waals surface area (Å²) in [7, 11) is 0. The summed E-state index contributed by atoms with van der Waals surface area (Å²) in [6, 6.07) is 11.2. The van der Waals surface area contributed by atoms with Crippen LogP contribution in [0.15, 0.2) is 36.4 Å². The molecular weight excluding hydrogens is 340 g/mol. The first-order chi connectivity index (χ1) is 12.7. The number of hydrogen-bond acceptors (Lipinski definition) is 3. The van der Waals surface area contributed by atoms with Gasteiger partial charge in [-0.05, 0) is 70.0 Å². The summed E-state index contributed by atoms with van der Waals surface area (Å²) in [5, 5.41) is 2.94.